The van der Waals surface area contributed by atoms with Crippen LogP contribution in [-0.2, 0) is 11.3 Å². The molecule has 0 radical (unpaired) electrons. The third-order valence-corrected chi connectivity index (χ3v) is 6.37. The summed E-state index contributed by atoms with van der Waals surface area (Å²) in [4.78, 5) is 16.4. The maximum atomic E-state index is 12.3. The summed E-state index contributed by atoms with van der Waals surface area (Å²) >= 11 is 8.89. The molecule has 1 aromatic carbocycles. The van der Waals surface area contributed by atoms with Gasteiger partial charge in [0.2, 0.25) is 5.91 Å². The number of fused-ring (bicyclic) bond motifs is 1. The molecule has 3 aromatic heterocycles. The van der Waals surface area contributed by atoms with E-state index in [9.17, 15) is 4.79 Å². The van der Waals surface area contributed by atoms with Crippen LogP contribution in [0.25, 0.3) is 21.5 Å². The maximum absolute atomic E-state index is 12.3. The number of nitrogens with zero attached hydrogens (tertiary/aromatic N) is 4. The van der Waals surface area contributed by atoms with E-state index < -0.39 is 0 Å². The Labute approximate surface area is 181 Å². The van der Waals surface area contributed by atoms with Gasteiger partial charge < -0.3 is 9.88 Å². The van der Waals surface area contributed by atoms with Crippen molar-refractivity contribution in [1.29, 1.82) is 0 Å². The van der Waals surface area contributed by atoms with E-state index in [0.717, 1.165) is 29.5 Å². The number of carbonyl (C=O) groups excluding carboxylic acids is 1. The molecule has 1 N–H and O–H groups in total. The second-order valence-corrected chi connectivity index (χ2v) is 8.59. The molecule has 148 valence electrons. The molecule has 0 fully saturated rings. The molecule has 0 saturated carbocycles. The first-order valence-corrected chi connectivity index (χ1v) is 11.3. The average molecular weight is 444 g/mol. The van der Waals surface area contributed by atoms with Crippen molar-refractivity contribution in [2.45, 2.75) is 25.0 Å². The Morgan fingerprint density at radius 2 is 2.10 bits per heavy atom. The lowest BCUT2D eigenvalue weighted by molar-refractivity contribution is -0.113. The van der Waals surface area contributed by atoms with Crippen LogP contribution in [-0.4, -0.2) is 31.4 Å². The molecule has 0 aliphatic carbocycles. The van der Waals surface area contributed by atoms with Gasteiger partial charge in [-0.1, -0.05) is 48.5 Å². The molecule has 0 aliphatic rings. The molecule has 1 amide bonds. The number of anilines is 1. The van der Waals surface area contributed by atoms with Gasteiger partial charge >= 0.3 is 0 Å². The summed E-state index contributed by atoms with van der Waals surface area (Å²) in [6, 6.07) is 11.6. The summed E-state index contributed by atoms with van der Waals surface area (Å²) in [5.74, 6) is 1.38. The summed E-state index contributed by atoms with van der Waals surface area (Å²) in [6.45, 7) is 2.90. The van der Waals surface area contributed by atoms with Gasteiger partial charge in [-0.05, 0) is 24.6 Å². The third-order valence-electron chi connectivity index (χ3n) is 4.21. The second kappa shape index (κ2) is 8.94. The Kier molecular flexibility index (Phi) is 6.13. The number of nitrogens with one attached hydrogen (secondary N) is 1. The summed E-state index contributed by atoms with van der Waals surface area (Å²) < 4.78 is 3.31. The minimum atomic E-state index is -0.154. The van der Waals surface area contributed by atoms with E-state index in [1.807, 2.05) is 12.1 Å². The minimum Gasteiger partial charge on any atom is -0.310 e. The standard InChI is InChI=1S/C20H18ClN5OS2/c1-2-9-26-19(15-11-28-16-6-4-3-5-14(15)16)24-25-20(26)29-12-18(27)23-17-8-7-13(21)10-22-17/h3-8,10-11H,2,9,12H2,1H3,(H,22,23,27). The van der Waals surface area contributed by atoms with Gasteiger partial charge in [0.15, 0.2) is 11.0 Å². The topological polar surface area (TPSA) is 72.7 Å². The lowest BCUT2D eigenvalue weighted by Gasteiger charge is -2.08. The van der Waals surface area contributed by atoms with E-state index in [1.54, 1.807) is 23.5 Å². The number of thioether (sulfide) groups is 1. The first-order valence-electron chi connectivity index (χ1n) is 9.09. The molecule has 6 nitrogen and oxygen atoms in total. The number of thiophene rings is 1. The highest BCUT2D eigenvalue weighted by atomic mass is 35.5. The second-order valence-electron chi connectivity index (χ2n) is 6.30. The number of hydrogen-bond donors (Lipinski definition) is 1. The summed E-state index contributed by atoms with van der Waals surface area (Å²) in [7, 11) is 0. The molecular weight excluding hydrogens is 426 g/mol. The molecule has 0 bridgehead atoms. The third kappa shape index (κ3) is 4.44. The minimum absolute atomic E-state index is 0.154. The molecule has 9 heteroatoms. The fraction of sp³-hybridized carbons (Fsp3) is 0.200. The normalized spacial score (nSPS) is 11.1. The van der Waals surface area contributed by atoms with E-state index in [2.05, 4.69) is 49.5 Å². The van der Waals surface area contributed by atoms with Gasteiger partial charge in [-0.15, -0.1) is 21.5 Å². The van der Waals surface area contributed by atoms with E-state index in [0.29, 0.717) is 10.8 Å². The van der Waals surface area contributed by atoms with Crippen molar-refractivity contribution < 1.29 is 4.79 Å². The predicted molar refractivity (Wildman–Crippen MR) is 120 cm³/mol. The predicted octanol–water partition coefficient (Wildman–Crippen LogP) is 5.35. The van der Waals surface area contributed by atoms with Gasteiger partial charge in [0, 0.05) is 33.8 Å². The Morgan fingerprint density at radius 1 is 1.24 bits per heavy atom. The van der Waals surface area contributed by atoms with Crippen LogP contribution < -0.4 is 5.32 Å². The zero-order valence-electron chi connectivity index (χ0n) is 15.6. The van der Waals surface area contributed by atoms with E-state index in [4.69, 9.17) is 11.6 Å². The number of benzene rings is 1. The number of rotatable bonds is 7. The van der Waals surface area contributed by atoms with Crippen molar-refractivity contribution in [2.75, 3.05) is 11.1 Å². The van der Waals surface area contributed by atoms with Gasteiger partial charge in [-0.3, -0.25) is 4.79 Å². The first-order chi connectivity index (χ1) is 14.2. The van der Waals surface area contributed by atoms with Crippen LogP contribution in [0.15, 0.2) is 53.1 Å². The zero-order chi connectivity index (χ0) is 20.2. The van der Waals surface area contributed by atoms with Crippen LogP contribution in [0, 0.1) is 0 Å². The van der Waals surface area contributed by atoms with Gasteiger partial charge in [-0.2, -0.15) is 0 Å². The number of halogens is 1. The summed E-state index contributed by atoms with van der Waals surface area (Å²) in [6.07, 6.45) is 2.45. The highest BCUT2D eigenvalue weighted by molar-refractivity contribution is 7.99. The molecule has 3 heterocycles. The van der Waals surface area contributed by atoms with E-state index in [-0.39, 0.29) is 11.7 Å². The number of hydrogen-bond acceptors (Lipinski definition) is 6. The lowest BCUT2D eigenvalue weighted by Crippen LogP contribution is -2.15. The smallest absolute Gasteiger partial charge is 0.236 e. The molecular formula is C20H18ClN5OS2. The number of amides is 1. The quantitative estimate of drug-likeness (QED) is 0.390. The molecule has 0 saturated heterocycles. The van der Waals surface area contributed by atoms with Crippen LogP contribution >= 0.6 is 34.7 Å². The lowest BCUT2D eigenvalue weighted by atomic mass is 10.1. The largest absolute Gasteiger partial charge is 0.310 e. The van der Waals surface area contributed by atoms with Crippen molar-refractivity contribution >= 4 is 56.5 Å². The maximum Gasteiger partial charge on any atom is 0.236 e. The molecule has 0 atom stereocenters. The zero-order valence-corrected chi connectivity index (χ0v) is 18.0. The monoisotopic (exact) mass is 443 g/mol. The van der Waals surface area contributed by atoms with Crippen molar-refractivity contribution in [3.8, 4) is 11.4 Å². The van der Waals surface area contributed by atoms with Crippen molar-refractivity contribution in [3.63, 3.8) is 0 Å². The Bertz CT molecular complexity index is 1140. The highest BCUT2D eigenvalue weighted by Gasteiger charge is 2.18. The van der Waals surface area contributed by atoms with Crippen molar-refractivity contribution in [3.05, 3.63) is 53.0 Å². The number of pyridine rings is 1. The Morgan fingerprint density at radius 3 is 2.90 bits per heavy atom. The summed E-state index contributed by atoms with van der Waals surface area (Å²) in [5, 5.41) is 16.1. The van der Waals surface area contributed by atoms with Crippen molar-refractivity contribution in [1.82, 2.24) is 19.7 Å². The first kappa shape index (κ1) is 19.9. The van der Waals surface area contributed by atoms with Crippen LogP contribution in [0.1, 0.15) is 13.3 Å². The SMILES string of the molecule is CCCn1c(SCC(=O)Nc2ccc(Cl)cn2)nnc1-c1csc2ccccc12. The van der Waals surface area contributed by atoms with Gasteiger partial charge in [-0.25, -0.2) is 4.98 Å². The van der Waals surface area contributed by atoms with Crippen molar-refractivity contribution in [2.24, 2.45) is 0 Å². The average Bonchev–Trinajstić information content (AvgIpc) is 3.32. The fourth-order valence-electron chi connectivity index (χ4n) is 2.93. The molecule has 29 heavy (non-hydrogen) atoms. The number of aromatic nitrogens is 4. The molecule has 0 spiro atoms. The van der Waals surface area contributed by atoms with Crippen LogP contribution in [0.3, 0.4) is 0 Å². The van der Waals surface area contributed by atoms with Gasteiger partial charge in [0.25, 0.3) is 0 Å². The highest BCUT2D eigenvalue weighted by Crippen LogP contribution is 2.34. The van der Waals surface area contributed by atoms with Crippen LogP contribution in [0.4, 0.5) is 5.82 Å². The molecule has 0 aliphatic heterocycles. The molecule has 4 rings (SSSR count). The van der Waals surface area contributed by atoms with E-state index in [1.165, 1.54) is 28.0 Å². The Balaban J connectivity index is 1.52. The molecule has 0 unspecified atom stereocenters. The van der Waals surface area contributed by atoms with Gasteiger partial charge in [0.05, 0.1) is 10.8 Å². The van der Waals surface area contributed by atoms with Gasteiger partial charge in [0.1, 0.15) is 5.82 Å². The Hall–Kier alpha value is -2.42. The fourth-order valence-corrected chi connectivity index (χ4v) is 4.75. The molecule has 4 aromatic rings. The number of carbonyl (C=O) groups is 1. The van der Waals surface area contributed by atoms with Crippen LogP contribution in [0.2, 0.25) is 5.02 Å². The van der Waals surface area contributed by atoms with Crippen LogP contribution in [0.5, 0.6) is 0 Å². The van der Waals surface area contributed by atoms with E-state index >= 15 is 0 Å². The summed E-state index contributed by atoms with van der Waals surface area (Å²) in [5.41, 5.74) is 1.08.